The summed E-state index contributed by atoms with van der Waals surface area (Å²) in [7, 11) is 0. The molecule has 0 aliphatic heterocycles. The van der Waals surface area contributed by atoms with Gasteiger partial charge in [-0.25, -0.2) is 9.37 Å². The molecule has 0 saturated heterocycles. The van der Waals surface area contributed by atoms with Crippen LogP contribution in [-0.2, 0) is 0 Å². The Labute approximate surface area is 81.2 Å². The molecule has 3 rings (SSSR count). The van der Waals surface area contributed by atoms with Gasteiger partial charge in [0.1, 0.15) is 11.5 Å². The third kappa shape index (κ3) is 1.05. The molecule has 0 atom stereocenters. The van der Waals surface area contributed by atoms with Crippen LogP contribution in [0.15, 0.2) is 12.3 Å². The number of hydrogen-bond acceptors (Lipinski definition) is 1. The van der Waals surface area contributed by atoms with Crippen LogP contribution in [0.4, 0.5) is 4.39 Å². The second-order valence-corrected chi connectivity index (χ2v) is 4.00. The largest absolute Gasteiger partial charge is 0.343 e. The molecule has 2 nitrogen and oxygen atoms in total. The zero-order chi connectivity index (χ0) is 9.71. The molecule has 14 heavy (non-hydrogen) atoms. The molecule has 0 aromatic carbocycles. The smallest absolute Gasteiger partial charge is 0.150 e. The van der Waals surface area contributed by atoms with Gasteiger partial charge < -0.3 is 4.98 Å². The maximum atomic E-state index is 13.2. The lowest BCUT2D eigenvalue weighted by molar-refractivity contribution is 0.639. The molecule has 0 radical (unpaired) electrons. The Balaban J connectivity index is 2.28. The van der Waals surface area contributed by atoms with Crippen LogP contribution in [-0.4, -0.2) is 9.97 Å². The molecule has 3 heteroatoms. The van der Waals surface area contributed by atoms with Gasteiger partial charge in [-0.1, -0.05) is 0 Å². The Morgan fingerprint density at radius 2 is 2.29 bits per heavy atom. The molecule has 2 aromatic rings. The van der Waals surface area contributed by atoms with Gasteiger partial charge in [0.05, 0.1) is 5.39 Å². The number of H-pyrrole nitrogens is 1. The number of aromatic amines is 1. The lowest BCUT2D eigenvalue weighted by Crippen LogP contribution is -1.92. The predicted octanol–water partition coefficient (Wildman–Crippen LogP) is 2.89. The van der Waals surface area contributed by atoms with Crippen molar-refractivity contribution >= 4 is 11.0 Å². The third-order valence-corrected chi connectivity index (χ3v) is 2.81. The number of pyridine rings is 1. The van der Waals surface area contributed by atoms with Gasteiger partial charge in [-0.15, -0.1) is 0 Å². The van der Waals surface area contributed by atoms with Gasteiger partial charge in [0.25, 0.3) is 0 Å². The highest BCUT2D eigenvalue weighted by Crippen LogP contribution is 2.41. The third-order valence-electron chi connectivity index (χ3n) is 2.81. The number of aryl methyl sites for hydroxylation is 1. The van der Waals surface area contributed by atoms with Crippen molar-refractivity contribution in [1.29, 1.82) is 0 Å². The molecule has 0 spiro atoms. The fourth-order valence-electron chi connectivity index (χ4n) is 1.90. The van der Waals surface area contributed by atoms with E-state index >= 15 is 0 Å². The van der Waals surface area contributed by atoms with E-state index in [4.69, 9.17) is 0 Å². The van der Waals surface area contributed by atoms with Gasteiger partial charge in [-0.2, -0.15) is 0 Å². The van der Waals surface area contributed by atoms with Gasteiger partial charge in [0, 0.05) is 17.8 Å². The molecule has 1 saturated carbocycles. The van der Waals surface area contributed by atoms with E-state index in [1.54, 1.807) is 0 Å². The van der Waals surface area contributed by atoms with Crippen LogP contribution in [0.2, 0.25) is 0 Å². The molecule has 0 unspecified atom stereocenters. The van der Waals surface area contributed by atoms with Crippen molar-refractivity contribution in [2.75, 3.05) is 0 Å². The first-order valence-electron chi connectivity index (χ1n) is 4.90. The number of rotatable bonds is 1. The van der Waals surface area contributed by atoms with E-state index in [1.807, 2.05) is 13.0 Å². The Morgan fingerprint density at radius 1 is 1.50 bits per heavy atom. The number of nitrogens with zero attached hydrogens (tertiary/aromatic N) is 1. The zero-order valence-electron chi connectivity index (χ0n) is 7.97. The molecule has 2 heterocycles. The van der Waals surface area contributed by atoms with E-state index < -0.39 is 0 Å². The van der Waals surface area contributed by atoms with Crippen LogP contribution < -0.4 is 0 Å². The monoisotopic (exact) mass is 190 g/mol. The zero-order valence-corrected chi connectivity index (χ0v) is 7.97. The molecule has 1 fully saturated rings. The van der Waals surface area contributed by atoms with E-state index in [0.717, 1.165) is 11.3 Å². The summed E-state index contributed by atoms with van der Waals surface area (Å²) in [5.41, 5.74) is 2.92. The first-order chi connectivity index (χ1) is 6.75. The quantitative estimate of drug-likeness (QED) is 0.735. The van der Waals surface area contributed by atoms with Crippen LogP contribution in [0.25, 0.3) is 11.0 Å². The van der Waals surface area contributed by atoms with Crippen LogP contribution in [0, 0.1) is 12.7 Å². The summed E-state index contributed by atoms with van der Waals surface area (Å²) in [6.45, 7) is 2.01. The summed E-state index contributed by atoms with van der Waals surface area (Å²) >= 11 is 0. The maximum Gasteiger partial charge on any atom is 0.150 e. The number of nitrogens with one attached hydrogen (secondary N) is 1. The minimum atomic E-state index is -0.210. The van der Waals surface area contributed by atoms with E-state index in [2.05, 4.69) is 9.97 Å². The van der Waals surface area contributed by atoms with Gasteiger partial charge in [0.15, 0.2) is 0 Å². The summed E-state index contributed by atoms with van der Waals surface area (Å²) in [6.07, 6.45) is 3.82. The lowest BCUT2D eigenvalue weighted by atomic mass is 10.1. The van der Waals surface area contributed by atoms with Crippen LogP contribution in [0.3, 0.4) is 0 Å². The molecule has 1 aliphatic rings. The van der Waals surface area contributed by atoms with Crippen molar-refractivity contribution in [2.24, 2.45) is 0 Å². The average molecular weight is 190 g/mol. The number of hydrogen-bond donors (Lipinski definition) is 1. The van der Waals surface area contributed by atoms with E-state index in [1.165, 1.54) is 19.0 Å². The highest BCUT2D eigenvalue weighted by molar-refractivity contribution is 5.77. The first kappa shape index (κ1) is 7.97. The molecule has 72 valence electrons. The normalized spacial score (nSPS) is 16.4. The van der Waals surface area contributed by atoms with E-state index in [0.29, 0.717) is 17.0 Å². The van der Waals surface area contributed by atoms with E-state index in [-0.39, 0.29) is 5.82 Å². The fourth-order valence-corrected chi connectivity index (χ4v) is 1.90. The Kier molecular flexibility index (Phi) is 1.46. The van der Waals surface area contributed by atoms with Crippen molar-refractivity contribution in [1.82, 2.24) is 9.97 Å². The van der Waals surface area contributed by atoms with E-state index in [9.17, 15) is 4.39 Å². The summed E-state index contributed by atoms with van der Waals surface area (Å²) in [4.78, 5) is 7.31. The second kappa shape index (κ2) is 2.56. The van der Waals surface area contributed by atoms with Crippen LogP contribution in [0.1, 0.15) is 30.0 Å². The predicted molar refractivity (Wildman–Crippen MR) is 52.8 cm³/mol. The van der Waals surface area contributed by atoms with Gasteiger partial charge >= 0.3 is 0 Å². The number of fused-ring (bicyclic) bond motifs is 1. The molecule has 2 aromatic heterocycles. The van der Waals surface area contributed by atoms with Gasteiger partial charge in [0.2, 0.25) is 0 Å². The molecular formula is C11H11FN2. The maximum absolute atomic E-state index is 13.2. The van der Waals surface area contributed by atoms with Crippen LogP contribution in [0.5, 0.6) is 0 Å². The number of aromatic nitrogens is 2. The van der Waals surface area contributed by atoms with Crippen molar-refractivity contribution < 1.29 is 4.39 Å². The van der Waals surface area contributed by atoms with Crippen molar-refractivity contribution in [3.8, 4) is 0 Å². The summed E-state index contributed by atoms with van der Waals surface area (Å²) in [5.74, 6) is 0.406. The highest BCUT2D eigenvalue weighted by Gasteiger charge is 2.27. The second-order valence-electron chi connectivity index (χ2n) is 4.00. The molecule has 0 bridgehead atoms. The average Bonchev–Trinajstić information content (AvgIpc) is 2.94. The standard InChI is InChI=1S/C11H11FN2/c1-6-4-8-9(12)5-13-11(8)14-10(6)7-2-3-7/h4-5,7H,2-3H2,1H3,(H,13,14). The Bertz CT molecular complexity index is 497. The topological polar surface area (TPSA) is 28.7 Å². The minimum absolute atomic E-state index is 0.210. The summed E-state index contributed by atoms with van der Waals surface area (Å²) in [5, 5.41) is 0.604. The molecular weight excluding hydrogens is 179 g/mol. The summed E-state index contributed by atoms with van der Waals surface area (Å²) in [6, 6.07) is 1.89. The number of halogens is 1. The SMILES string of the molecule is Cc1cc2c(F)c[nH]c2nc1C1CC1. The fraction of sp³-hybridized carbons (Fsp3) is 0.364. The van der Waals surface area contributed by atoms with Crippen LogP contribution >= 0.6 is 0 Å². The Hall–Kier alpha value is -1.38. The Morgan fingerprint density at radius 3 is 3.00 bits per heavy atom. The minimum Gasteiger partial charge on any atom is -0.343 e. The first-order valence-corrected chi connectivity index (χ1v) is 4.90. The van der Waals surface area contributed by atoms with Crippen molar-refractivity contribution in [3.63, 3.8) is 0 Å². The van der Waals surface area contributed by atoms with Crippen molar-refractivity contribution in [3.05, 3.63) is 29.3 Å². The van der Waals surface area contributed by atoms with Crippen molar-refractivity contribution in [2.45, 2.75) is 25.7 Å². The molecule has 0 amide bonds. The molecule has 1 N–H and O–H groups in total. The molecule has 1 aliphatic carbocycles. The van der Waals surface area contributed by atoms with Gasteiger partial charge in [-0.05, 0) is 31.4 Å². The highest BCUT2D eigenvalue weighted by atomic mass is 19.1. The van der Waals surface area contributed by atoms with Gasteiger partial charge in [-0.3, -0.25) is 0 Å². The summed E-state index contributed by atoms with van der Waals surface area (Å²) < 4.78 is 13.2. The lowest BCUT2D eigenvalue weighted by Gasteiger charge is -2.02.